The molecule has 0 aliphatic carbocycles. The second-order valence-electron chi connectivity index (χ2n) is 7.47. The van der Waals surface area contributed by atoms with Gasteiger partial charge >= 0.3 is 0 Å². The van der Waals surface area contributed by atoms with Crippen molar-refractivity contribution in [3.05, 3.63) is 56.5 Å². The standard InChI is InChI=1S/C20H26N4O4S/c1-13-12-14(2)16(4)19(15(13)3)29(27,28)24-10-8-23(9-11-24)20(26)17-6-7-18(25)22(5)21-17/h6-7,12H,8-11H2,1-5H3. The van der Waals surface area contributed by atoms with E-state index in [4.69, 9.17) is 0 Å². The normalized spacial score (nSPS) is 15.6. The predicted molar refractivity (Wildman–Crippen MR) is 110 cm³/mol. The van der Waals surface area contributed by atoms with Gasteiger partial charge in [-0.3, -0.25) is 9.59 Å². The van der Waals surface area contributed by atoms with Gasteiger partial charge in [-0.1, -0.05) is 6.07 Å². The molecule has 0 N–H and O–H groups in total. The third-order valence-corrected chi connectivity index (χ3v) is 7.77. The molecule has 3 rings (SSSR count). The van der Waals surface area contributed by atoms with Crippen LogP contribution >= 0.6 is 0 Å². The number of carbonyl (C=O) groups is 1. The SMILES string of the molecule is Cc1cc(C)c(C)c(S(=O)(=O)N2CCN(C(=O)c3ccc(=O)n(C)n3)CC2)c1C. The minimum absolute atomic E-state index is 0.171. The van der Waals surface area contributed by atoms with E-state index in [0.29, 0.717) is 4.90 Å². The molecular formula is C20H26N4O4S. The van der Waals surface area contributed by atoms with Gasteiger partial charge in [0.1, 0.15) is 5.69 Å². The third-order valence-electron chi connectivity index (χ3n) is 5.60. The number of amides is 1. The number of benzene rings is 1. The molecule has 29 heavy (non-hydrogen) atoms. The molecule has 1 amide bonds. The maximum absolute atomic E-state index is 13.3. The first-order valence-electron chi connectivity index (χ1n) is 9.45. The molecule has 1 saturated heterocycles. The molecule has 1 aliphatic rings. The topological polar surface area (TPSA) is 92.6 Å². The van der Waals surface area contributed by atoms with Gasteiger partial charge in [-0.15, -0.1) is 0 Å². The van der Waals surface area contributed by atoms with Crippen LogP contribution in [0.1, 0.15) is 32.7 Å². The largest absolute Gasteiger partial charge is 0.335 e. The molecular weight excluding hydrogens is 392 g/mol. The third kappa shape index (κ3) is 3.84. The minimum atomic E-state index is -3.66. The monoisotopic (exact) mass is 418 g/mol. The Bertz CT molecular complexity index is 1100. The van der Waals surface area contributed by atoms with Crippen LogP contribution in [0.2, 0.25) is 0 Å². The quantitative estimate of drug-likeness (QED) is 0.746. The molecule has 156 valence electrons. The van der Waals surface area contributed by atoms with Gasteiger partial charge in [0.25, 0.3) is 11.5 Å². The fourth-order valence-electron chi connectivity index (χ4n) is 3.61. The van der Waals surface area contributed by atoms with E-state index in [0.717, 1.165) is 26.9 Å². The van der Waals surface area contributed by atoms with Crippen molar-refractivity contribution in [3.8, 4) is 0 Å². The van der Waals surface area contributed by atoms with Crippen molar-refractivity contribution in [3.63, 3.8) is 0 Å². The number of hydrogen-bond acceptors (Lipinski definition) is 5. The summed E-state index contributed by atoms with van der Waals surface area (Å²) in [6, 6.07) is 4.70. The average Bonchev–Trinajstić information content (AvgIpc) is 2.68. The van der Waals surface area contributed by atoms with Crippen LogP contribution < -0.4 is 5.56 Å². The summed E-state index contributed by atoms with van der Waals surface area (Å²) in [5.41, 5.74) is 3.30. The maximum Gasteiger partial charge on any atom is 0.274 e. The van der Waals surface area contributed by atoms with Crippen molar-refractivity contribution >= 4 is 15.9 Å². The van der Waals surface area contributed by atoms with Gasteiger partial charge in [0.05, 0.1) is 4.90 Å². The number of hydrogen-bond donors (Lipinski definition) is 0. The Kier molecular flexibility index (Phi) is 5.64. The van der Waals surface area contributed by atoms with Crippen LogP contribution in [0.15, 0.2) is 27.9 Å². The number of nitrogens with zero attached hydrogens (tertiary/aromatic N) is 4. The molecule has 8 nitrogen and oxygen atoms in total. The first-order valence-corrected chi connectivity index (χ1v) is 10.9. The summed E-state index contributed by atoms with van der Waals surface area (Å²) in [6.45, 7) is 8.46. The van der Waals surface area contributed by atoms with Crippen molar-refractivity contribution in [2.75, 3.05) is 26.2 Å². The summed E-state index contributed by atoms with van der Waals surface area (Å²) in [6.07, 6.45) is 0. The number of aryl methyl sites for hydroxylation is 3. The van der Waals surface area contributed by atoms with E-state index in [9.17, 15) is 18.0 Å². The molecule has 9 heteroatoms. The van der Waals surface area contributed by atoms with Crippen molar-refractivity contribution < 1.29 is 13.2 Å². The minimum Gasteiger partial charge on any atom is -0.335 e. The van der Waals surface area contributed by atoms with E-state index < -0.39 is 10.0 Å². The van der Waals surface area contributed by atoms with E-state index in [1.165, 1.54) is 23.5 Å². The number of aromatic nitrogens is 2. The summed E-state index contributed by atoms with van der Waals surface area (Å²) in [5, 5.41) is 3.99. The zero-order valence-corrected chi connectivity index (χ0v) is 18.2. The van der Waals surface area contributed by atoms with Gasteiger partial charge in [-0.2, -0.15) is 9.40 Å². The summed E-state index contributed by atoms with van der Waals surface area (Å²) in [4.78, 5) is 26.1. The second-order valence-corrected chi connectivity index (χ2v) is 9.34. The van der Waals surface area contributed by atoms with Crippen LogP contribution in [0.5, 0.6) is 0 Å². The summed E-state index contributed by atoms with van der Waals surface area (Å²) in [7, 11) is -2.18. The Morgan fingerprint density at radius 3 is 2.03 bits per heavy atom. The summed E-state index contributed by atoms with van der Waals surface area (Å²) < 4.78 is 29.2. The molecule has 2 aromatic rings. The Labute approximate surface area is 170 Å². The van der Waals surface area contributed by atoms with Gasteiger partial charge in [0.15, 0.2) is 0 Å². The van der Waals surface area contributed by atoms with Crippen molar-refractivity contribution in [2.24, 2.45) is 7.05 Å². The summed E-state index contributed by atoms with van der Waals surface area (Å²) >= 11 is 0. The fourth-order valence-corrected chi connectivity index (χ4v) is 5.60. The first-order chi connectivity index (χ1) is 13.5. The van der Waals surface area contributed by atoms with Gasteiger partial charge < -0.3 is 4.90 Å². The van der Waals surface area contributed by atoms with Crippen LogP contribution in [-0.4, -0.2) is 59.5 Å². The summed E-state index contributed by atoms with van der Waals surface area (Å²) in [5.74, 6) is -0.309. The number of rotatable bonds is 3. The van der Waals surface area contributed by atoms with Crippen LogP contribution in [-0.2, 0) is 17.1 Å². The lowest BCUT2D eigenvalue weighted by atomic mass is 10.0. The van der Waals surface area contributed by atoms with E-state index >= 15 is 0 Å². The zero-order chi connectivity index (χ0) is 21.5. The number of sulfonamides is 1. The van der Waals surface area contributed by atoms with E-state index in [1.54, 1.807) is 4.90 Å². The average molecular weight is 419 g/mol. The van der Waals surface area contributed by atoms with Crippen LogP contribution in [0.3, 0.4) is 0 Å². The van der Waals surface area contributed by atoms with Gasteiger partial charge in [0.2, 0.25) is 10.0 Å². The van der Waals surface area contributed by atoms with Gasteiger partial charge in [-0.05, 0) is 56.0 Å². The molecule has 0 atom stereocenters. The highest BCUT2D eigenvalue weighted by Gasteiger charge is 2.33. The Balaban J connectivity index is 1.81. The zero-order valence-electron chi connectivity index (χ0n) is 17.4. The molecule has 0 bridgehead atoms. The Hall–Kier alpha value is -2.52. The predicted octanol–water partition coefficient (Wildman–Crippen LogP) is 1.16. The first kappa shape index (κ1) is 21.2. The molecule has 1 fully saturated rings. The molecule has 1 aromatic carbocycles. The van der Waals surface area contributed by atoms with E-state index in [-0.39, 0.29) is 43.3 Å². The highest BCUT2D eigenvalue weighted by molar-refractivity contribution is 7.89. The van der Waals surface area contributed by atoms with E-state index in [2.05, 4.69) is 5.10 Å². The number of carbonyl (C=O) groups excluding carboxylic acids is 1. The van der Waals surface area contributed by atoms with Crippen molar-refractivity contribution in [1.29, 1.82) is 0 Å². The Morgan fingerprint density at radius 2 is 1.52 bits per heavy atom. The molecule has 2 heterocycles. The van der Waals surface area contributed by atoms with Crippen LogP contribution in [0.4, 0.5) is 0 Å². The lowest BCUT2D eigenvalue weighted by Crippen LogP contribution is -2.51. The maximum atomic E-state index is 13.3. The van der Waals surface area contributed by atoms with Crippen molar-refractivity contribution in [1.82, 2.24) is 19.0 Å². The number of piperazine rings is 1. The molecule has 0 saturated carbocycles. The molecule has 1 aliphatic heterocycles. The molecule has 0 unspecified atom stereocenters. The molecule has 0 radical (unpaired) electrons. The fraction of sp³-hybridized carbons (Fsp3) is 0.450. The highest BCUT2D eigenvalue weighted by atomic mass is 32.2. The Morgan fingerprint density at radius 1 is 0.966 bits per heavy atom. The lowest BCUT2D eigenvalue weighted by Gasteiger charge is -2.34. The van der Waals surface area contributed by atoms with Crippen LogP contribution in [0, 0.1) is 27.7 Å². The molecule has 1 aromatic heterocycles. The molecule has 0 spiro atoms. The smallest absolute Gasteiger partial charge is 0.274 e. The lowest BCUT2D eigenvalue weighted by molar-refractivity contribution is 0.0689. The highest BCUT2D eigenvalue weighted by Crippen LogP contribution is 2.29. The van der Waals surface area contributed by atoms with Crippen LogP contribution in [0.25, 0.3) is 0 Å². The second kappa shape index (κ2) is 7.72. The van der Waals surface area contributed by atoms with Gasteiger partial charge in [0, 0.05) is 39.3 Å². The van der Waals surface area contributed by atoms with Crippen molar-refractivity contribution in [2.45, 2.75) is 32.6 Å². The van der Waals surface area contributed by atoms with E-state index in [1.807, 2.05) is 33.8 Å². The van der Waals surface area contributed by atoms with Gasteiger partial charge in [-0.25, -0.2) is 13.1 Å².